The van der Waals surface area contributed by atoms with Crippen LogP contribution in [0.3, 0.4) is 0 Å². The Morgan fingerprint density at radius 2 is 1.75 bits per heavy atom. The van der Waals surface area contributed by atoms with Crippen LogP contribution in [0, 0.1) is 0 Å². The Hall–Kier alpha value is -3.59. The minimum atomic E-state index is -3.71. The molecule has 1 amide bonds. The van der Waals surface area contributed by atoms with Crippen molar-refractivity contribution in [2.75, 3.05) is 30.3 Å². The van der Waals surface area contributed by atoms with Crippen LogP contribution in [0.5, 0.6) is 11.5 Å². The zero-order valence-electron chi connectivity index (χ0n) is 17.7. The molecule has 3 aromatic rings. The Bertz CT molecular complexity index is 1300. The summed E-state index contributed by atoms with van der Waals surface area (Å²) in [6.45, 7) is 2.32. The maximum Gasteiger partial charge on any atom is 0.260 e. The van der Waals surface area contributed by atoms with Crippen molar-refractivity contribution in [2.45, 2.75) is 6.92 Å². The van der Waals surface area contributed by atoms with E-state index in [2.05, 4.69) is 10.5 Å². The van der Waals surface area contributed by atoms with Gasteiger partial charge in [-0.05, 0) is 36.6 Å². The van der Waals surface area contributed by atoms with Crippen molar-refractivity contribution in [2.24, 2.45) is 5.10 Å². The van der Waals surface area contributed by atoms with E-state index in [4.69, 9.17) is 9.47 Å². The van der Waals surface area contributed by atoms with Gasteiger partial charge in [0, 0.05) is 10.9 Å². The molecule has 0 aromatic heterocycles. The van der Waals surface area contributed by atoms with Crippen LogP contribution in [0.1, 0.15) is 12.5 Å². The first-order valence-corrected chi connectivity index (χ1v) is 11.9. The largest absolute Gasteiger partial charge is 0.486 e. The number of sulfonamides is 1. The number of nitrogens with one attached hydrogen (secondary N) is 1. The molecule has 0 spiro atoms. The molecule has 1 aliphatic rings. The second-order valence-corrected chi connectivity index (χ2v) is 9.27. The molecule has 0 radical (unpaired) electrons. The van der Waals surface area contributed by atoms with Crippen molar-refractivity contribution in [1.29, 1.82) is 0 Å². The molecule has 166 valence electrons. The number of hydrogen-bond acceptors (Lipinski definition) is 6. The Labute approximate surface area is 186 Å². The van der Waals surface area contributed by atoms with Gasteiger partial charge in [0.05, 0.1) is 17.7 Å². The lowest BCUT2D eigenvalue weighted by molar-refractivity contribution is -0.119. The zero-order chi connectivity index (χ0) is 22.7. The van der Waals surface area contributed by atoms with Crippen LogP contribution in [-0.4, -0.2) is 46.1 Å². The lowest BCUT2D eigenvalue weighted by Crippen LogP contribution is -2.39. The number of amides is 1. The van der Waals surface area contributed by atoms with Crippen LogP contribution in [0.4, 0.5) is 5.69 Å². The van der Waals surface area contributed by atoms with Gasteiger partial charge in [0.15, 0.2) is 11.5 Å². The van der Waals surface area contributed by atoms with Gasteiger partial charge >= 0.3 is 0 Å². The average Bonchev–Trinajstić information content (AvgIpc) is 2.79. The average molecular weight is 454 g/mol. The molecule has 1 aliphatic heterocycles. The Morgan fingerprint density at radius 3 is 2.53 bits per heavy atom. The molecule has 0 fully saturated rings. The van der Waals surface area contributed by atoms with E-state index in [0.29, 0.717) is 36.1 Å². The first-order valence-electron chi connectivity index (χ1n) is 10.0. The van der Waals surface area contributed by atoms with Gasteiger partial charge in [-0.3, -0.25) is 9.10 Å². The molecule has 0 atom stereocenters. The summed E-state index contributed by atoms with van der Waals surface area (Å²) in [7, 11) is -3.71. The molecule has 3 aromatic carbocycles. The van der Waals surface area contributed by atoms with Crippen molar-refractivity contribution in [3.8, 4) is 11.5 Å². The van der Waals surface area contributed by atoms with Gasteiger partial charge in [0.2, 0.25) is 10.0 Å². The minimum absolute atomic E-state index is 0.398. The SMILES string of the molecule is C/C(=N/NC(=O)CN(c1cccc2ccccc12)S(C)(=O)=O)c1ccc2c(c1)OCCO2. The minimum Gasteiger partial charge on any atom is -0.486 e. The van der Waals surface area contributed by atoms with Crippen molar-refractivity contribution in [3.05, 3.63) is 66.2 Å². The van der Waals surface area contributed by atoms with Crippen molar-refractivity contribution < 1.29 is 22.7 Å². The highest BCUT2D eigenvalue weighted by Crippen LogP contribution is 2.31. The van der Waals surface area contributed by atoms with Gasteiger partial charge in [-0.1, -0.05) is 36.4 Å². The Morgan fingerprint density at radius 1 is 1.03 bits per heavy atom. The van der Waals surface area contributed by atoms with Gasteiger partial charge < -0.3 is 9.47 Å². The third-order valence-electron chi connectivity index (χ3n) is 5.03. The standard InChI is InChI=1S/C23H23N3O5S/c1-16(18-10-11-21-22(14-18)31-13-12-30-21)24-25-23(27)15-26(32(2,28)29)20-9-5-7-17-6-3-4-8-19(17)20/h3-11,14H,12-13,15H2,1-2H3,(H,25,27)/b24-16-. The van der Waals surface area contributed by atoms with E-state index in [9.17, 15) is 13.2 Å². The van der Waals surface area contributed by atoms with E-state index < -0.39 is 22.5 Å². The van der Waals surface area contributed by atoms with Crippen LogP contribution in [0.2, 0.25) is 0 Å². The van der Waals surface area contributed by atoms with Crippen LogP contribution in [-0.2, 0) is 14.8 Å². The third-order valence-corrected chi connectivity index (χ3v) is 6.16. The Balaban J connectivity index is 1.53. The highest BCUT2D eigenvalue weighted by atomic mass is 32.2. The number of carbonyl (C=O) groups excluding carboxylic acids is 1. The summed E-state index contributed by atoms with van der Waals surface area (Å²) in [6.07, 6.45) is 1.08. The van der Waals surface area contributed by atoms with Gasteiger partial charge in [0.25, 0.3) is 5.91 Å². The fourth-order valence-corrected chi connectivity index (χ4v) is 4.32. The molecular weight excluding hydrogens is 430 g/mol. The van der Waals surface area contributed by atoms with E-state index in [1.807, 2.05) is 36.4 Å². The van der Waals surface area contributed by atoms with Gasteiger partial charge in [-0.25, -0.2) is 13.8 Å². The number of anilines is 1. The summed E-state index contributed by atoms with van der Waals surface area (Å²) in [5.41, 5.74) is 4.19. The van der Waals surface area contributed by atoms with Crippen molar-refractivity contribution in [1.82, 2.24) is 5.43 Å². The second kappa shape index (κ2) is 8.88. The normalized spacial score (nSPS) is 13.6. The summed E-state index contributed by atoms with van der Waals surface area (Å²) < 4.78 is 37.1. The Kier molecular flexibility index (Phi) is 6.00. The van der Waals surface area contributed by atoms with E-state index >= 15 is 0 Å². The maximum absolute atomic E-state index is 12.6. The predicted molar refractivity (Wildman–Crippen MR) is 124 cm³/mol. The molecule has 1 N–H and O–H groups in total. The first-order chi connectivity index (χ1) is 15.3. The molecule has 9 heteroatoms. The predicted octanol–water partition coefficient (Wildman–Crippen LogP) is 2.92. The fourth-order valence-electron chi connectivity index (χ4n) is 3.45. The summed E-state index contributed by atoms with van der Waals surface area (Å²) in [5, 5.41) is 5.75. The first kappa shape index (κ1) is 21.6. The number of nitrogens with zero attached hydrogens (tertiary/aromatic N) is 2. The monoisotopic (exact) mass is 453 g/mol. The van der Waals surface area contributed by atoms with E-state index in [0.717, 1.165) is 26.9 Å². The zero-order valence-corrected chi connectivity index (χ0v) is 18.6. The van der Waals surface area contributed by atoms with Crippen molar-refractivity contribution in [3.63, 3.8) is 0 Å². The summed E-state index contributed by atoms with van der Waals surface area (Å²) in [4.78, 5) is 12.6. The van der Waals surface area contributed by atoms with Crippen LogP contribution >= 0.6 is 0 Å². The molecule has 0 bridgehead atoms. The van der Waals surface area contributed by atoms with Crippen molar-refractivity contribution >= 4 is 38.1 Å². The van der Waals surface area contributed by atoms with E-state index in [-0.39, 0.29) is 0 Å². The number of benzene rings is 3. The highest BCUT2D eigenvalue weighted by molar-refractivity contribution is 7.92. The number of hydrogen-bond donors (Lipinski definition) is 1. The second-order valence-electron chi connectivity index (χ2n) is 7.36. The molecule has 0 aliphatic carbocycles. The van der Waals surface area contributed by atoms with Crippen LogP contribution < -0.4 is 19.2 Å². The molecule has 32 heavy (non-hydrogen) atoms. The highest BCUT2D eigenvalue weighted by Gasteiger charge is 2.22. The third kappa shape index (κ3) is 4.67. The number of carbonyl (C=O) groups is 1. The lowest BCUT2D eigenvalue weighted by Gasteiger charge is -2.23. The van der Waals surface area contributed by atoms with Crippen LogP contribution in [0.25, 0.3) is 10.8 Å². The topological polar surface area (TPSA) is 97.3 Å². The smallest absolute Gasteiger partial charge is 0.260 e. The van der Waals surface area contributed by atoms with Gasteiger partial charge in [0.1, 0.15) is 19.8 Å². The molecule has 0 saturated carbocycles. The molecule has 1 heterocycles. The lowest BCUT2D eigenvalue weighted by atomic mass is 10.1. The number of hydrazone groups is 1. The molecular formula is C23H23N3O5S. The van der Waals surface area contributed by atoms with Gasteiger partial charge in [-0.2, -0.15) is 5.10 Å². The molecule has 4 rings (SSSR count). The van der Waals surface area contributed by atoms with E-state index in [1.54, 1.807) is 31.2 Å². The molecule has 8 nitrogen and oxygen atoms in total. The molecule has 0 unspecified atom stereocenters. The maximum atomic E-state index is 12.6. The quantitative estimate of drug-likeness (QED) is 0.457. The summed E-state index contributed by atoms with van der Waals surface area (Å²) >= 11 is 0. The number of rotatable bonds is 6. The van der Waals surface area contributed by atoms with Gasteiger partial charge in [-0.15, -0.1) is 0 Å². The van der Waals surface area contributed by atoms with Crippen LogP contribution in [0.15, 0.2) is 65.8 Å². The molecule has 0 saturated heterocycles. The fraction of sp³-hybridized carbons (Fsp3) is 0.217. The van der Waals surface area contributed by atoms with E-state index in [1.165, 1.54) is 0 Å². The number of fused-ring (bicyclic) bond motifs is 2. The summed E-state index contributed by atoms with van der Waals surface area (Å²) in [6, 6.07) is 18.1. The summed E-state index contributed by atoms with van der Waals surface area (Å²) in [5.74, 6) is 0.727. The number of ether oxygens (including phenoxy) is 2.